The molecule has 0 saturated heterocycles. The number of rotatable bonds is 3. The zero-order chi connectivity index (χ0) is 13.3. The van der Waals surface area contributed by atoms with Crippen LogP contribution in [0.15, 0.2) is 23.2 Å². The fourth-order valence-corrected chi connectivity index (χ4v) is 3.05. The molecule has 2 rings (SSSR count). The Bertz CT molecular complexity index is 670. The van der Waals surface area contributed by atoms with E-state index in [-0.39, 0.29) is 10.7 Å². The highest BCUT2D eigenvalue weighted by molar-refractivity contribution is 7.93. The summed E-state index contributed by atoms with van der Waals surface area (Å²) >= 11 is 0.853. The van der Waals surface area contributed by atoms with Crippen LogP contribution in [-0.4, -0.2) is 18.0 Å². The lowest BCUT2D eigenvalue weighted by Gasteiger charge is -2.08. The van der Waals surface area contributed by atoms with Gasteiger partial charge in [0.05, 0.1) is 6.20 Å². The lowest BCUT2D eigenvalue weighted by Crippen LogP contribution is -2.14. The van der Waals surface area contributed by atoms with E-state index < -0.39 is 20.7 Å². The zero-order valence-corrected chi connectivity index (χ0v) is 10.8. The number of aryl methyl sites for hydroxylation is 1. The van der Waals surface area contributed by atoms with Crippen molar-refractivity contribution in [2.45, 2.75) is 11.8 Å². The van der Waals surface area contributed by atoms with Crippen molar-refractivity contribution in [3.63, 3.8) is 0 Å². The highest BCUT2D eigenvalue weighted by atomic mass is 32.2. The Balaban J connectivity index is 2.44. The first-order valence-corrected chi connectivity index (χ1v) is 7.01. The largest absolute Gasteiger partial charge is 0.398 e. The molecule has 0 radical (unpaired) electrons. The number of hydrogen-bond donors (Lipinski definition) is 2. The summed E-state index contributed by atoms with van der Waals surface area (Å²) in [4.78, 5) is -0.501. The molecule has 0 saturated carbocycles. The maximum atomic E-state index is 13.7. The maximum absolute atomic E-state index is 13.7. The molecule has 3 N–H and O–H groups in total. The van der Waals surface area contributed by atoms with E-state index in [0.29, 0.717) is 5.56 Å². The molecule has 1 aromatic heterocycles. The Morgan fingerprint density at radius 1 is 1.44 bits per heavy atom. The van der Waals surface area contributed by atoms with E-state index in [1.165, 1.54) is 6.20 Å². The Labute approximate surface area is 107 Å². The van der Waals surface area contributed by atoms with E-state index in [1.54, 1.807) is 6.92 Å². The van der Waals surface area contributed by atoms with Crippen LogP contribution < -0.4 is 10.5 Å². The smallest absolute Gasteiger partial charge is 0.265 e. The molecule has 0 aliphatic carbocycles. The molecule has 1 heterocycles. The minimum Gasteiger partial charge on any atom is -0.398 e. The second-order valence-electron chi connectivity index (χ2n) is 3.53. The standard InChI is InChI=1S/C9H9FN4O2S2/c1-5-2-6(10)8(3-7(5)11)18(15,16)13-9-4-12-14-17-9/h2-4,13H,11H2,1H3. The third-order valence-corrected chi connectivity index (χ3v) is 4.30. The van der Waals surface area contributed by atoms with Gasteiger partial charge < -0.3 is 5.73 Å². The molecular formula is C9H9FN4O2S2. The fraction of sp³-hybridized carbons (Fsp3) is 0.111. The van der Waals surface area contributed by atoms with Crippen LogP contribution in [0.1, 0.15) is 5.56 Å². The van der Waals surface area contributed by atoms with Crippen molar-refractivity contribution in [1.82, 2.24) is 9.59 Å². The number of aromatic nitrogens is 2. The molecule has 0 aliphatic rings. The third kappa shape index (κ3) is 2.41. The predicted molar refractivity (Wildman–Crippen MR) is 66.3 cm³/mol. The van der Waals surface area contributed by atoms with Crippen LogP contribution in [0.5, 0.6) is 0 Å². The number of nitrogens with zero attached hydrogens (tertiary/aromatic N) is 2. The molecule has 1 aromatic carbocycles. The van der Waals surface area contributed by atoms with Crippen LogP contribution in [0.2, 0.25) is 0 Å². The Morgan fingerprint density at radius 3 is 2.78 bits per heavy atom. The third-order valence-electron chi connectivity index (χ3n) is 2.21. The van der Waals surface area contributed by atoms with Crippen molar-refractivity contribution in [2.75, 3.05) is 10.5 Å². The van der Waals surface area contributed by atoms with Crippen molar-refractivity contribution in [3.8, 4) is 0 Å². The van der Waals surface area contributed by atoms with E-state index in [9.17, 15) is 12.8 Å². The summed E-state index contributed by atoms with van der Waals surface area (Å²) in [5, 5.41) is 3.68. The van der Waals surface area contributed by atoms with Gasteiger partial charge in [-0.05, 0) is 24.6 Å². The Kier molecular flexibility index (Phi) is 3.18. The van der Waals surface area contributed by atoms with E-state index in [0.717, 1.165) is 23.7 Å². The van der Waals surface area contributed by atoms with Gasteiger partial charge in [0.2, 0.25) is 0 Å². The zero-order valence-electron chi connectivity index (χ0n) is 9.21. The average Bonchev–Trinajstić information content (AvgIpc) is 2.75. The first-order chi connectivity index (χ1) is 8.40. The highest BCUT2D eigenvalue weighted by Gasteiger charge is 2.21. The number of nitrogen functional groups attached to an aromatic ring is 1. The summed E-state index contributed by atoms with van der Waals surface area (Å²) < 4.78 is 43.2. The van der Waals surface area contributed by atoms with Gasteiger partial charge in [-0.25, -0.2) is 12.8 Å². The summed E-state index contributed by atoms with van der Waals surface area (Å²) in [5.74, 6) is -0.855. The minimum absolute atomic E-state index is 0.202. The SMILES string of the molecule is Cc1cc(F)c(S(=O)(=O)Nc2cnns2)cc1N. The van der Waals surface area contributed by atoms with Crippen molar-refractivity contribution >= 4 is 32.2 Å². The van der Waals surface area contributed by atoms with Crippen LogP contribution in [0, 0.1) is 12.7 Å². The number of nitrogens with one attached hydrogen (secondary N) is 1. The van der Waals surface area contributed by atoms with Crippen molar-refractivity contribution in [1.29, 1.82) is 0 Å². The molecule has 18 heavy (non-hydrogen) atoms. The second-order valence-corrected chi connectivity index (χ2v) is 5.96. The van der Waals surface area contributed by atoms with Gasteiger partial charge in [0.25, 0.3) is 10.0 Å². The van der Waals surface area contributed by atoms with Crippen molar-refractivity contribution in [3.05, 3.63) is 29.7 Å². The molecule has 0 bridgehead atoms. The average molecular weight is 288 g/mol. The molecule has 0 atom stereocenters. The second kappa shape index (κ2) is 4.50. The monoisotopic (exact) mass is 288 g/mol. The van der Waals surface area contributed by atoms with E-state index in [4.69, 9.17) is 5.73 Å². The number of halogens is 1. The van der Waals surface area contributed by atoms with Gasteiger partial charge in [-0.1, -0.05) is 4.49 Å². The van der Waals surface area contributed by atoms with Crippen LogP contribution >= 0.6 is 11.5 Å². The first-order valence-electron chi connectivity index (χ1n) is 4.76. The van der Waals surface area contributed by atoms with Crippen LogP contribution in [0.4, 0.5) is 15.1 Å². The van der Waals surface area contributed by atoms with Gasteiger partial charge in [0.1, 0.15) is 15.7 Å². The van der Waals surface area contributed by atoms with Gasteiger partial charge >= 0.3 is 0 Å². The van der Waals surface area contributed by atoms with Gasteiger partial charge in [0, 0.05) is 17.2 Å². The van der Waals surface area contributed by atoms with E-state index in [2.05, 4.69) is 14.3 Å². The maximum Gasteiger partial charge on any atom is 0.265 e. The number of sulfonamides is 1. The first kappa shape index (κ1) is 12.7. The van der Waals surface area contributed by atoms with Gasteiger partial charge in [0.15, 0.2) is 0 Å². The summed E-state index contributed by atoms with van der Waals surface area (Å²) in [6.45, 7) is 1.59. The summed E-state index contributed by atoms with van der Waals surface area (Å²) in [6, 6.07) is 2.16. The normalized spacial score (nSPS) is 11.4. The number of anilines is 2. The molecule has 0 aliphatic heterocycles. The van der Waals surface area contributed by atoms with Gasteiger partial charge in [-0.2, -0.15) is 0 Å². The molecule has 96 valence electrons. The summed E-state index contributed by atoms with van der Waals surface area (Å²) in [5.41, 5.74) is 6.26. The Hall–Kier alpha value is -1.74. The number of nitrogens with two attached hydrogens (primary N) is 1. The quantitative estimate of drug-likeness (QED) is 0.831. The van der Waals surface area contributed by atoms with Gasteiger partial charge in [-0.15, -0.1) is 5.10 Å². The van der Waals surface area contributed by atoms with Crippen molar-refractivity contribution < 1.29 is 12.8 Å². The van der Waals surface area contributed by atoms with Gasteiger partial charge in [-0.3, -0.25) is 4.72 Å². The molecular weight excluding hydrogens is 279 g/mol. The molecule has 0 spiro atoms. The molecule has 9 heteroatoms. The molecule has 0 amide bonds. The van der Waals surface area contributed by atoms with E-state index >= 15 is 0 Å². The lowest BCUT2D eigenvalue weighted by molar-refractivity contribution is 0.570. The lowest BCUT2D eigenvalue weighted by atomic mass is 10.2. The summed E-state index contributed by atoms with van der Waals surface area (Å²) in [6.07, 6.45) is 1.23. The minimum atomic E-state index is -4.03. The van der Waals surface area contributed by atoms with E-state index in [1.807, 2.05) is 0 Å². The number of benzene rings is 1. The molecule has 0 fully saturated rings. The van der Waals surface area contributed by atoms with Crippen LogP contribution in [0.25, 0.3) is 0 Å². The highest BCUT2D eigenvalue weighted by Crippen LogP contribution is 2.24. The fourth-order valence-electron chi connectivity index (χ4n) is 1.27. The van der Waals surface area contributed by atoms with Crippen LogP contribution in [0.3, 0.4) is 0 Å². The molecule has 6 nitrogen and oxygen atoms in total. The number of hydrogen-bond acceptors (Lipinski definition) is 6. The predicted octanol–water partition coefficient (Wildman–Crippen LogP) is 1.37. The van der Waals surface area contributed by atoms with Crippen LogP contribution in [-0.2, 0) is 10.0 Å². The molecule has 2 aromatic rings. The van der Waals surface area contributed by atoms with Crippen molar-refractivity contribution in [2.24, 2.45) is 0 Å². The Morgan fingerprint density at radius 2 is 2.17 bits per heavy atom. The molecule has 0 unspecified atom stereocenters. The summed E-state index contributed by atoms with van der Waals surface area (Å²) in [7, 11) is -4.03. The topological polar surface area (TPSA) is 98.0 Å².